The van der Waals surface area contributed by atoms with Crippen LogP contribution in [0.15, 0.2) is 35.9 Å². The first-order valence-electron chi connectivity index (χ1n) is 9.73. The quantitative estimate of drug-likeness (QED) is 0.598. The number of rotatable bonds is 1. The largest absolute Gasteiger partial charge is 0.461 e. The Hall–Kier alpha value is -1.85. The van der Waals surface area contributed by atoms with Crippen LogP contribution in [0.2, 0.25) is 0 Å². The molecule has 0 aromatic heterocycles. The van der Waals surface area contributed by atoms with Crippen LogP contribution in [0, 0.1) is 11.8 Å². The Morgan fingerprint density at radius 2 is 2.19 bits per heavy atom. The van der Waals surface area contributed by atoms with Crippen LogP contribution in [0.5, 0.6) is 0 Å². The molecule has 4 saturated heterocycles. The van der Waals surface area contributed by atoms with Crippen LogP contribution in [-0.2, 0) is 14.9 Å². The minimum absolute atomic E-state index is 0.131. The Bertz CT molecular complexity index is 851. The number of nitrogens with zero attached hydrogens (tertiary/aromatic N) is 1. The first-order chi connectivity index (χ1) is 12.6. The number of carbonyl (C=O) groups excluding carboxylic acids is 1. The molecule has 0 radical (unpaired) electrons. The summed E-state index contributed by atoms with van der Waals surface area (Å²) in [5.74, 6) is 0.373. The molecule has 5 heteroatoms. The second kappa shape index (κ2) is 4.70. The number of piperidine rings is 4. The summed E-state index contributed by atoms with van der Waals surface area (Å²) in [6, 6.07) is 9.24. The molecule has 136 valence electrons. The molecule has 5 heterocycles. The fraction of sp³-hybridized carbons (Fsp3) is 0.571. The average molecular weight is 352 g/mol. The standard InChI is InChI=1S/C21H24N2O3/c1-3-11-12-8-15-18-21(13-6-4-5-7-14(13)22-18)9-16(23(15)20(11)25)17(12)19(21)26-10(2)24/h3-7,12,15-20,22,25H,8-9H2,1-2H3/b11-3+/t12-,15-,16-,17?,18-,19+,20+,21+/m0/s1. The monoisotopic (exact) mass is 352 g/mol. The Kier molecular flexibility index (Phi) is 2.75. The van der Waals surface area contributed by atoms with Crippen LogP contribution in [0.1, 0.15) is 32.3 Å². The van der Waals surface area contributed by atoms with E-state index < -0.39 is 6.23 Å². The van der Waals surface area contributed by atoms with Gasteiger partial charge in [-0.05, 0) is 42.9 Å². The van der Waals surface area contributed by atoms with Gasteiger partial charge in [0.05, 0.1) is 11.5 Å². The summed E-state index contributed by atoms with van der Waals surface area (Å²) >= 11 is 0. The van der Waals surface area contributed by atoms with E-state index in [-0.39, 0.29) is 41.5 Å². The van der Waals surface area contributed by atoms with E-state index in [1.54, 1.807) is 0 Å². The summed E-state index contributed by atoms with van der Waals surface area (Å²) < 4.78 is 6.08. The van der Waals surface area contributed by atoms with Gasteiger partial charge in [-0.3, -0.25) is 9.69 Å². The summed E-state index contributed by atoms with van der Waals surface area (Å²) in [4.78, 5) is 14.4. The van der Waals surface area contributed by atoms with Crippen LogP contribution in [0.25, 0.3) is 0 Å². The number of hydrogen-bond donors (Lipinski definition) is 2. The average Bonchev–Trinajstić information content (AvgIpc) is 3.08. The highest BCUT2D eigenvalue weighted by molar-refractivity contribution is 5.69. The molecule has 26 heavy (non-hydrogen) atoms. The van der Waals surface area contributed by atoms with Crippen LogP contribution in [0.3, 0.4) is 0 Å². The molecular formula is C21H24N2O3. The van der Waals surface area contributed by atoms with Crippen molar-refractivity contribution in [3.8, 4) is 0 Å². The molecule has 1 aromatic carbocycles. The first-order valence-corrected chi connectivity index (χ1v) is 9.73. The highest BCUT2D eigenvalue weighted by atomic mass is 16.5. The van der Waals surface area contributed by atoms with Gasteiger partial charge in [-0.2, -0.15) is 0 Å². The third kappa shape index (κ3) is 1.47. The van der Waals surface area contributed by atoms with E-state index >= 15 is 0 Å². The summed E-state index contributed by atoms with van der Waals surface area (Å²) in [7, 11) is 0. The van der Waals surface area contributed by atoms with E-state index in [2.05, 4.69) is 40.6 Å². The van der Waals surface area contributed by atoms with Crippen molar-refractivity contribution in [3.63, 3.8) is 0 Å². The molecular weight excluding hydrogens is 328 g/mol. The van der Waals surface area contributed by atoms with E-state index in [1.807, 2.05) is 6.92 Å². The summed E-state index contributed by atoms with van der Waals surface area (Å²) in [5.41, 5.74) is 3.41. The number of fused-ring (bicyclic) bond motifs is 2. The predicted molar refractivity (Wildman–Crippen MR) is 96.5 cm³/mol. The highest BCUT2D eigenvalue weighted by Gasteiger charge is 2.76. The van der Waals surface area contributed by atoms with Crippen LogP contribution in [-0.4, -0.2) is 46.4 Å². The van der Waals surface area contributed by atoms with Gasteiger partial charge < -0.3 is 15.2 Å². The lowest BCUT2D eigenvalue weighted by Crippen LogP contribution is -2.70. The second-order valence-corrected chi connectivity index (χ2v) is 8.61. The van der Waals surface area contributed by atoms with Gasteiger partial charge in [0.15, 0.2) is 0 Å². The lowest BCUT2D eigenvalue weighted by molar-refractivity contribution is -0.156. The van der Waals surface area contributed by atoms with Crippen molar-refractivity contribution in [1.82, 2.24) is 4.90 Å². The minimum atomic E-state index is -0.496. The van der Waals surface area contributed by atoms with Crippen molar-refractivity contribution in [1.29, 1.82) is 0 Å². The molecule has 5 aliphatic heterocycles. The molecule has 5 nitrogen and oxygen atoms in total. The van der Waals surface area contributed by atoms with Crippen molar-refractivity contribution >= 4 is 11.7 Å². The maximum atomic E-state index is 12.1. The Balaban J connectivity index is 1.59. The number of aliphatic hydroxyl groups excluding tert-OH is 1. The number of benzene rings is 1. The summed E-state index contributed by atoms with van der Waals surface area (Å²) in [6.45, 7) is 3.54. The number of anilines is 1. The normalized spacial score (nSPS) is 50.5. The number of ether oxygens (including phenoxy) is 1. The molecule has 6 aliphatic rings. The third-order valence-electron chi connectivity index (χ3n) is 7.89. The molecule has 0 amide bonds. The van der Waals surface area contributed by atoms with Gasteiger partial charge in [-0.25, -0.2) is 0 Å². The van der Waals surface area contributed by atoms with Crippen molar-refractivity contribution in [2.24, 2.45) is 11.8 Å². The molecule has 1 spiro atoms. The number of carbonyl (C=O) groups is 1. The lowest BCUT2D eigenvalue weighted by atomic mass is 9.65. The molecule has 7 rings (SSSR count). The highest BCUT2D eigenvalue weighted by Crippen LogP contribution is 2.68. The Labute approximate surface area is 153 Å². The van der Waals surface area contributed by atoms with Crippen LogP contribution < -0.4 is 5.32 Å². The minimum Gasteiger partial charge on any atom is -0.461 e. The van der Waals surface area contributed by atoms with Gasteiger partial charge in [-0.15, -0.1) is 0 Å². The first kappa shape index (κ1) is 15.2. The van der Waals surface area contributed by atoms with E-state index in [4.69, 9.17) is 4.74 Å². The molecule has 2 N–H and O–H groups in total. The number of allylic oxidation sites excluding steroid dienone is 1. The third-order valence-corrected chi connectivity index (χ3v) is 7.89. The maximum Gasteiger partial charge on any atom is 0.302 e. The molecule has 5 bridgehead atoms. The molecule has 1 aliphatic carbocycles. The number of esters is 1. The summed E-state index contributed by atoms with van der Waals surface area (Å²) in [6.07, 6.45) is 3.43. The Morgan fingerprint density at radius 3 is 2.96 bits per heavy atom. The van der Waals surface area contributed by atoms with Gasteiger partial charge in [-0.1, -0.05) is 24.3 Å². The lowest BCUT2D eigenvalue weighted by Gasteiger charge is -2.59. The van der Waals surface area contributed by atoms with Gasteiger partial charge in [0.1, 0.15) is 12.3 Å². The zero-order chi connectivity index (χ0) is 17.8. The van der Waals surface area contributed by atoms with Crippen LogP contribution in [0.4, 0.5) is 5.69 Å². The topological polar surface area (TPSA) is 61.8 Å². The zero-order valence-corrected chi connectivity index (χ0v) is 15.1. The Morgan fingerprint density at radius 1 is 1.38 bits per heavy atom. The van der Waals surface area contributed by atoms with Crippen LogP contribution >= 0.6 is 0 Å². The van der Waals surface area contributed by atoms with Crippen molar-refractivity contribution in [2.45, 2.75) is 62.6 Å². The van der Waals surface area contributed by atoms with E-state index in [1.165, 1.54) is 18.2 Å². The molecule has 5 fully saturated rings. The van der Waals surface area contributed by atoms with Crippen molar-refractivity contribution in [2.75, 3.05) is 5.32 Å². The number of hydrogen-bond acceptors (Lipinski definition) is 5. The fourth-order valence-corrected chi connectivity index (χ4v) is 7.32. The maximum absolute atomic E-state index is 12.1. The van der Waals surface area contributed by atoms with Crippen molar-refractivity contribution in [3.05, 3.63) is 41.5 Å². The second-order valence-electron chi connectivity index (χ2n) is 8.61. The summed E-state index contributed by atoms with van der Waals surface area (Å²) in [5, 5.41) is 14.8. The smallest absolute Gasteiger partial charge is 0.302 e. The number of nitrogens with one attached hydrogen (secondary N) is 1. The SMILES string of the molecule is C/C=C1/[C@@H](O)N2[C@H]3C[C@@]45c6ccccc6N[C@H]4[C@@H]2C[C@@H]1C3[C@H]5OC(C)=O. The molecule has 9 atom stereocenters. The molecule has 1 saturated carbocycles. The molecule has 1 aromatic rings. The number of para-hydroxylation sites is 1. The van der Waals surface area contributed by atoms with Gasteiger partial charge in [0, 0.05) is 30.6 Å². The van der Waals surface area contributed by atoms with Gasteiger partial charge >= 0.3 is 5.97 Å². The van der Waals surface area contributed by atoms with E-state index in [9.17, 15) is 9.90 Å². The fourth-order valence-electron chi connectivity index (χ4n) is 7.32. The predicted octanol–water partition coefficient (Wildman–Crippen LogP) is 2.02. The van der Waals surface area contributed by atoms with E-state index in [0.29, 0.717) is 5.92 Å². The number of aliphatic hydroxyl groups is 1. The zero-order valence-electron chi connectivity index (χ0n) is 15.1. The van der Waals surface area contributed by atoms with Crippen molar-refractivity contribution < 1.29 is 14.6 Å². The van der Waals surface area contributed by atoms with Gasteiger partial charge in [0.2, 0.25) is 0 Å². The van der Waals surface area contributed by atoms with E-state index in [0.717, 1.165) is 18.4 Å². The van der Waals surface area contributed by atoms with Gasteiger partial charge in [0.25, 0.3) is 0 Å². The molecule has 2 unspecified atom stereocenters.